The zero-order valence-electron chi connectivity index (χ0n) is 27.2. The summed E-state index contributed by atoms with van der Waals surface area (Å²) in [4.78, 5) is 33.9. The minimum Gasteiger partial charge on any atom is -0.496 e. The van der Waals surface area contributed by atoms with Crippen molar-refractivity contribution < 1.29 is 23.8 Å². The van der Waals surface area contributed by atoms with E-state index >= 15 is 4.39 Å². The fourth-order valence-corrected chi connectivity index (χ4v) is 6.96. The standard InChI is InChI=1S/C36H37Cl2FN6O4/c1-36(35(47)48)12-15-45(20-36)19-23-10-13-42-34(32(23)39)44-27-5-3-4-25(30(27)37)26-11-14-41-33(31(26)38)21-6-7-22(28(16-21)49-2)17-40-18-24-8-9-29(46)43-24/h3-7,10-11,13-14,16,24,40H,8-9,12,15,17-20H2,1-2H3,(H,42,44)(H,43,46)(H,47,48)/t24-,36+/m1/s1. The van der Waals surface area contributed by atoms with Gasteiger partial charge in [-0.2, -0.15) is 0 Å². The van der Waals surface area contributed by atoms with Crippen molar-refractivity contribution in [2.24, 2.45) is 5.41 Å². The third-order valence-electron chi connectivity index (χ3n) is 9.21. The number of carboxylic acid groups (broad SMARTS) is 1. The Balaban J connectivity index is 1.20. The monoisotopic (exact) mass is 706 g/mol. The van der Waals surface area contributed by atoms with E-state index in [-0.39, 0.29) is 24.3 Å². The van der Waals surface area contributed by atoms with Crippen LogP contribution in [0.2, 0.25) is 10.0 Å². The van der Waals surface area contributed by atoms with Gasteiger partial charge in [-0.1, -0.05) is 47.5 Å². The summed E-state index contributed by atoms with van der Waals surface area (Å²) in [6.07, 6.45) is 5.05. The second-order valence-corrected chi connectivity index (χ2v) is 13.5. The third-order valence-corrected chi connectivity index (χ3v) is 10.0. The predicted octanol–water partition coefficient (Wildman–Crippen LogP) is 6.67. The number of amides is 1. The summed E-state index contributed by atoms with van der Waals surface area (Å²) in [5, 5.41) is 19.7. The Morgan fingerprint density at radius 1 is 1.12 bits per heavy atom. The van der Waals surface area contributed by atoms with E-state index in [2.05, 4.69) is 25.9 Å². The van der Waals surface area contributed by atoms with Crippen molar-refractivity contribution in [1.82, 2.24) is 25.5 Å². The molecule has 256 valence electrons. The van der Waals surface area contributed by atoms with Crippen molar-refractivity contribution in [3.8, 4) is 28.1 Å². The summed E-state index contributed by atoms with van der Waals surface area (Å²) in [7, 11) is 1.61. The summed E-state index contributed by atoms with van der Waals surface area (Å²) < 4.78 is 21.4. The number of nitrogens with one attached hydrogen (secondary N) is 3. The Kier molecular flexibility index (Phi) is 10.4. The molecule has 2 aromatic heterocycles. The molecule has 0 bridgehead atoms. The number of hydrogen-bond acceptors (Lipinski definition) is 8. The molecule has 4 aromatic rings. The molecule has 13 heteroatoms. The number of likely N-dealkylation sites (tertiary alicyclic amines) is 1. The molecule has 4 heterocycles. The number of aliphatic carboxylic acids is 1. The number of halogens is 3. The fourth-order valence-electron chi connectivity index (χ4n) is 6.37. The highest BCUT2D eigenvalue weighted by Gasteiger charge is 2.40. The minimum absolute atomic E-state index is 0.00734. The lowest BCUT2D eigenvalue weighted by molar-refractivity contribution is -0.147. The number of methoxy groups -OCH3 is 1. The van der Waals surface area contributed by atoms with Crippen LogP contribution in [0.3, 0.4) is 0 Å². The molecule has 0 spiro atoms. The predicted molar refractivity (Wildman–Crippen MR) is 188 cm³/mol. The number of anilines is 2. The summed E-state index contributed by atoms with van der Waals surface area (Å²) in [5.74, 6) is -0.616. The molecule has 4 N–H and O–H groups in total. The first kappa shape index (κ1) is 34.6. The normalized spacial score (nSPS) is 19.2. The number of benzene rings is 2. The van der Waals surface area contributed by atoms with E-state index in [1.54, 1.807) is 44.5 Å². The summed E-state index contributed by atoms with van der Waals surface area (Å²) >= 11 is 13.9. The number of carboxylic acids is 1. The van der Waals surface area contributed by atoms with Gasteiger partial charge >= 0.3 is 5.97 Å². The molecule has 0 unspecified atom stereocenters. The number of rotatable bonds is 12. The highest BCUT2D eigenvalue weighted by atomic mass is 35.5. The average Bonchev–Trinajstić information content (AvgIpc) is 3.69. The maximum atomic E-state index is 15.7. The molecule has 49 heavy (non-hydrogen) atoms. The van der Waals surface area contributed by atoms with Crippen molar-refractivity contribution in [2.75, 3.05) is 32.1 Å². The highest BCUT2D eigenvalue weighted by Crippen LogP contribution is 2.42. The summed E-state index contributed by atoms with van der Waals surface area (Å²) in [5.41, 5.74) is 3.50. The zero-order valence-corrected chi connectivity index (χ0v) is 28.7. The van der Waals surface area contributed by atoms with Crippen LogP contribution in [0, 0.1) is 11.2 Å². The SMILES string of the molecule is COc1cc(-c2nccc(-c3cccc(Nc4nccc(CN5CC[C@](C)(C(=O)O)C5)c4F)c3Cl)c2Cl)ccc1CNC[C@H]1CCC(=O)N1. The van der Waals surface area contributed by atoms with Crippen molar-refractivity contribution in [2.45, 2.75) is 45.3 Å². The third kappa shape index (κ3) is 7.50. The number of pyridine rings is 2. The number of aromatic nitrogens is 2. The van der Waals surface area contributed by atoms with Crippen LogP contribution in [-0.2, 0) is 22.7 Å². The van der Waals surface area contributed by atoms with Gasteiger partial charge in [0.15, 0.2) is 11.6 Å². The Bertz CT molecular complexity index is 1890. The zero-order chi connectivity index (χ0) is 34.7. The van der Waals surface area contributed by atoms with E-state index in [0.717, 1.165) is 17.5 Å². The van der Waals surface area contributed by atoms with Gasteiger partial charge in [-0.15, -0.1) is 0 Å². The molecule has 2 aliphatic rings. The van der Waals surface area contributed by atoms with Crippen LogP contribution in [0.4, 0.5) is 15.9 Å². The second-order valence-electron chi connectivity index (χ2n) is 12.7. The van der Waals surface area contributed by atoms with Crippen LogP contribution in [0.1, 0.15) is 37.3 Å². The lowest BCUT2D eigenvalue weighted by atomic mass is 9.90. The van der Waals surface area contributed by atoms with Crippen LogP contribution >= 0.6 is 23.2 Å². The largest absolute Gasteiger partial charge is 0.496 e. The van der Waals surface area contributed by atoms with Gasteiger partial charge in [0.25, 0.3) is 0 Å². The number of ether oxygens (including phenoxy) is 1. The van der Waals surface area contributed by atoms with Gasteiger partial charge in [-0.3, -0.25) is 19.5 Å². The molecule has 2 aliphatic heterocycles. The van der Waals surface area contributed by atoms with Crippen LogP contribution in [0.25, 0.3) is 22.4 Å². The Morgan fingerprint density at radius 3 is 2.65 bits per heavy atom. The fraction of sp³-hybridized carbons (Fsp3) is 0.333. The number of carbonyl (C=O) groups excluding carboxylic acids is 1. The van der Waals surface area contributed by atoms with Crippen LogP contribution in [0.15, 0.2) is 60.9 Å². The van der Waals surface area contributed by atoms with Crippen LogP contribution < -0.4 is 20.7 Å². The van der Waals surface area contributed by atoms with E-state index in [0.29, 0.717) is 82.9 Å². The Labute approximate surface area is 294 Å². The summed E-state index contributed by atoms with van der Waals surface area (Å²) in [6.45, 7) is 4.11. The molecule has 2 atom stereocenters. The number of carbonyl (C=O) groups is 2. The smallest absolute Gasteiger partial charge is 0.310 e. The lowest BCUT2D eigenvalue weighted by Gasteiger charge is -2.20. The van der Waals surface area contributed by atoms with Gasteiger partial charge in [0.05, 0.1) is 34.0 Å². The first-order valence-electron chi connectivity index (χ1n) is 16.0. The van der Waals surface area contributed by atoms with E-state index in [9.17, 15) is 14.7 Å². The van der Waals surface area contributed by atoms with Crippen molar-refractivity contribution in [1.29, 1.82) is 0 Å². The van der Waals surface area contributed by atoms with E-state index < -0.39 is 17.2 Å². The molecule has 1 amide bonds. The van der Waals surface area contributed by atoms with Gasteiger partial charge in [0, 0.05) is 78.9 Å². The molecule has 2 fully saturated rings. The Hall–Kier alpha value is -4.29. The highest BCUT2D eigenvalue weighted by molar-refractivity contribution is 6.39. The van der Waals surface area contributed by atoms with Gasteiger partial charge in [0.1, 0.15) is 5.75 Å². The van der Waals surface area contributed by atoms with Crippen molar-refractivity contribution in [3.05, 3.63) is 87.9 Å². The van der Waals surface area contributed by atoms with Gasteiger partial charge in [-0.05, 0) is 50.6 Å². The van der Waals surface area contributed by atoms with E-state index in [1.165, 1.54) is 6.20 Å². The van der Waals surface area contributed by atoms with E-state index in [1.807, 2.05) is 29.2 Å². The summed E-state index contributed by atoms with van der Waals surface area (Å²) in [6, 6.07) is 14.6. The Morgan fingerprint density at radius 2 is 1.92 bits per heavy atom. The number of nitrogens with zero attached hydrogens (tertiary/aromatic N) is 3. The molecule has 0 saturated carbocycles. The molecular formula is C36H37Cl2FN6O4. The average molecular weight is 708 g/mol. The molecule has 2 saturated heterocycles. The molecular weight excluding hydrogens is 670 g/mol. The maximum Gasteiger partial charge on any atom is 0.310 e. The first-order chi connectivity index (χ1) is 23.6. The van der Waals surface area contributed by atoms with Gasteiger partial charge < -0.3 is 25.8 Å². The quantitative estimate of drug-likeness (QED) is 0.128. The van der Waals surface area contributed by atoms with Crippen molar-refractivity contribution in [3.63, 3.8) is 0 Å². The molecule has 2 aromatic carbocycles. The molecule has 0 radical (unpaired) electrons. The lowest BCUT2D eigenvalue weighted by Crippen LogP contribution is -2.35. The minimum atomic E-state index is -0.851. The second kappa shape index (κ2) is 14.7. The maximum absolute atomic E-state index is 15.7. The van der Waals surface area contributed by atoms with Crippen LogP contribution in [0.5, 0.6) is 5.75 Å². The molecule has 0 aliphatic carbocycles. The molecule has 10 nitrogen and oxygen atoms in total. The van der Waals surface area contributed by atoms with Crippen LogP contribution in [-0.4, -0.2) is 64.6 Å². The van der Waals surface area contributed by atoms with Gasteiger partial charge in [0.2, 0.25) is 5.91 Å². The first-order valence-corrected chi connectivity index (χ1v) is 16.8. The molecule has 6 rings (SSSR count). The number of hydrogen-bond donors (Lipinski definition) is 4. The van der Waals surface area contributed by atoms with Crippen molar-refractivity contribution >= 4 is 46.6 Å². The van der Waals surface area contributed by atoms with Gasteiger partial charge in [-0.25, -0.2) is 9.37 Å². The van der Waals surface area contributed by atoms with E-state index in [4.69, 9.17) is 27.9 Å². The topological polar surface area (TPSA) is 129 Å².